The highest BCUT2D eigenvalue weighted by Crippen LogP contribution is 2.40. The fourth-order valence-corrected chi connectivity index (χ4v) is 3.25. The van der Waals surface area contributed by atoms with Gasteiger partial charge in [-0.05, 0) is 6.07 Å². The summed E-state index contributed by atoms with van der Waals surface area (Å²) in [7, 11) is -1.76. The maximum Gasteiger partial charge on any atom is 0.355 e. The molecule has 1 aromatic rings. The lowest BCUT2D eigenvalue weighted by Gasteiger charge is -2.32. The third-order valence-electron chi connectivity index (χ3n) is 3.86. The number of carbonyl (C=O) groups excluding carboxylic acids is 2. The molecule has 0 spiro atoms. The topological polar surface area (TPSA) is 172 Å². The average molecular weight is 432 g/mol. The van der Waals surface area contributed by atoms with Crippen LogP contribution in [0, 0.1) is 10.1 Å². The Morgan fingerprint density at radius 1 is 1.21 bits per heavy atom. The van der Waals surface area contributed by atoms with Gasteiger partial charge in [-0.3, -0.25) is 14.7 Å². The molecule has 0 aliphatic carbocycles. The van der Waals surface area contributed by atoms with Crippen molar-refractivity contribution in [2.24, 2.45) is 0 Å². The zero-order valence-corrected chi connectivity index (χ0v) is 16.2. The van der Waals surface area contributed by atoms with Crippen LogP contribution in [0.15, 0.2) is 28.3 Å². The Bertz CT molecular complexity index is 1000. The van der Waals surface area contributed by atoms with Crippen molar-refractivity contribution in [2.45, 2.75) is 4.90 Å². The van der Waals surface area contributed by atoms with Crippen molar-refractivity contribution in [2.75, 3.05) is 39.6 Å². The standard InChI is InChI=1S/C15H16N2O11S/c1-25-11-4-10(17(20)21)12(29(22,23)24)5-9(11)16-7-28-6-8(14(18)26-2)13(16)15(19)27-3/h4-5H,6-7H2,1-3H3,(H,22,23,24). The number of rotatable bonds is 6. The van der Waals surface area contributed by atoms with E-state index in [0.29, 0.717) is 0 Å². The van der Waals surface area contributed by atoms with E-state index in [9.17, 15) is 32.7 Å². The minimum atomic E-state index is -5.03. The molecule has 0 aromatic heterocycles. The Hall–Kier alpha value is -3.23. The lowest BCUT2D eigenvalue weighted by molar-refractivity contribution is -0.387. The van der Waals surface area contributed by atoms with E-state index in [1.54, 1.807) is 0 Å². The van der Waals surface area contributed by atoms with E-state index >= 15 is 0 Å². The fraction of sp³-hybridized carbons (Fsp3) is 0.333. The van der Waals surface area contributed by atoms with Crippen molar-refractivity contribution >= 4 is 33.4 Å². The van der Waals surface area contributed by atoms with E-state index in [-0.39, 0.29) is 36.0 Å². The maximum atomic E-state index is 12.3. The van der Waals surface area contributed by atoms with E-state index < -0.39 is 37.6 Å². The van der Waals surface area contributed by atoms with Gasteiger partial charge in [-0.2, -0.15) is 8.42 Å². The van der Waals surface area contributed by atoms with Crippen molar-refractivity contribution in [1.29, 1.82) is 0 Å². The summed E-state index contributed by atoms with van der Waals surface area (Å²) in [6, 6.07) is 1.47. The van der Waals surface area contributed by atoms with Crippen LogP contribution in [0.1, 0.15) is 0 Å². The second kappa shape index (κ2) is 8.42. The Kier molecular flexibility index (Phi) is 6.41. The molecule has 1 heterocycles. The van der Waals surface area contributed by atoms with Gasteiger partial charge in [-0.1, -0.05) is 0 Å². The third-order valence-corrected chi connectivity index (χ3v) is 4.74. The molecule has 0 bridgehead atoms. The zero-order chi connectivity index (χ0) is 21.9. The molecule has 14 heteroatoms. The summed E-state index contributed by atoms with van der Waals surface area (Å²) in [6.07, 6.45) is 0. The number of nitrogens with zero attached hydrogens (tertiary/aromatic N) is 2. The van der Waals surface area contributed by atoms with Gasteiger partial charge in [0, 0.05) is 0 Å². The highest BCUT2D eigenvalue weighted by molar-refractivity contribution is 7.86. The maximum absolute atomic E-state index is 12.3. The summed E-state index contributed by atoms with van der Waals surface area (Å²) < 4.78 is 52.4. The molecule has 1 aliphatic rings. The van der Waals surface area contributed by atoms with E-state index in [2.05, 4.69) is 9.47 Å². The molecule has 29 heavy (non-hydrogen) atoms. The minimum Gasteiger partial charge on any atom is -0.494 e. The normalized spacial score (nSPS) is 14.4. The summed E-state index contributed by atoms with van der Waals surface area (Å²) >= 11 is 0. The first-order chi connectivity index (χ1) is 13.6. The van der Waals surface area contributed by atoms with Crippen LogP contribution >= 0.6 is 0 Å². The molecule has 0 saturated heterocycles. The molecule has 0 amide bonds. The summed E-state index contributed by atoms with van der Waals surface area (Å²) in [4.78, 5) is 34.5. The zero-order valence-electron chi connectivity index (χ0n) is 15.4. The monoisotopic (exact) mass is 432 g/mol. The van der Waals surface area contributed by atoms with Crippen LogP contribution in [0.25, 0.3) is 0 Å². The molecule has 2 rings (SSSR count). The SMILES string of the molecule is COC(=O)C1=C(C(=O)OC)N(c2cc(S(=O)(=O)O)c([N+](=O)[O-])cc2OC)COC1. The molecular weight excluding hydrogens is 416 g/mol. The van der Waals surface area contributed by atoms with Gasteiger partial charge in [0.2, 0.25) is 0 Å². The first-order valence-corrected chi connectivity index (χ1v) is 9.09. The van der Waals surface area contributed by atoms with Gasteiger partial charge in [-0.15, -0.1) is 0 Å². The van der Waals surface area contributed by atoms with E-state index in [4.69, 9.17) is 9.47 Å². The van der Waals surface area contributed by atoms with E-state index in [1.807, 2.05) is 0 Å². The molecule has 13 nitrogen and oxygen atoms in total. The van der Waals surface area contributed by atoms with Gasteiger partial charge < -0.3 is 23.8 Å². The molecule has 0 atom stereocenters. The minimum absolute atomic E-state index is 0.216. The van der Waals surface area contributed by atoms with Gasteiger partial charge in [0.25, 0.3) is 5.69 Å². The number of carbonyl (C=O) groups is 2. The van der Waals surface area contributed by atoms with Crippen molar-refractivity contribution < 1.29 is 46.4 Å². The fourth-order valence-electron chi connectivity index (χ4n) is 2.60. The van der Waals surface area contributed by atoms with E-state index in [1.165, 1.54) is 0 Å². The lowest BCUT2D eigenvalue weighted by Crippen LogP contribution is -2.39. The van der Waals surface area contributed by atoms with Crippen LogP contribution < -0.4 is 9.64 Å². The number of nitro benzene ring substituents is 1. The first kappa shape index (κ1) is 22.1. The highest BCUT2D eigenvalue weighted by Gasteiger charge is 2.36. The van der Waals surface area contributed by atoms with Gasteiger partial charge in [0.15, 0.2) is 4.90 Å². The van der Waals surface area contributed by atoms with Crippen molar-refractivity contribution in [3.63, 3.8) is 0 Å². The first-order valence-electron chi connectivity index (χ1n) is 7.65. The molecule has 0 fully saturated rings. The van der Waals surface area contributed by atoms with Crippen LogP contribution in [-0.2, 0) is 33.9 Å². The van der Waals surface area contributed by atoms with Crippen LogP contribution in [0.5, 0.6) is 5.75 Å². The number of ether oxygens (including phenoxy) is 4. The second-order valence-electron chi connectivity index (χ2n) is 5.44. The number of anilines is 1. The summed E-state index contributed by atoms with van der Waals surface area (Å²) in [5.74, 6) is -2.13. The van der Waals surface area contributed by atoms with E-state index in [0.717, 1.165) is 38.4 Å². The van der Waals surface area contributed by atoms with Gasteiger partial charge in [-0.25, -0.2) is 9.59 Å². The predicted octanol–water partition coefficient (Wildman–Crippen LogP) is 0.244. The summed E-state index contributed by atoms with van der Waals surface area (Å²) in [6.45, 7) is -0.682. The number of benzene rings is 1. The highest BCUT2D eigenvalue weighted by atomic mass is 32.2. The molecular formula is C15H16N2O11S. The average Bonchev–Trinajstić information content (AvgIpc) is 2.70. The Morgan fingerprint density at radius 2 is 1.83 bits per heavy atom. The summed E-state index contributed by atoms with van der Waals surface area (Å²) in [5, 5.41) is 11.2. The third kappa shape index (κ3) is 4.28. The molecule has 0 unspecified atom stereocenters. The summed E-state index contributed by atoms with van der Waals surface area (Å²) in [5.41, 5.74) is -1.76. The van der Waals surface area contributed by atoms with Gasteiger partial charge in [0.05, 0.1) is 50.2 Å². The largest absolute Gasteiger partial charge is 0.494 e. The predicted molar refractivity (Wildman–Crippen MR) is 93.8 cm³/mol. The second-order valence-corrected chi connectivity index (χ2v) is 6.83. The number of hydrogen-bond acceptors (Lipinski definition) is 11. The van der Waals surface area contributed by atoms with Crippen molar-refractivity contribution in [3.8, 4) is 5.75 Å². The number of esters is 2. The molecule has 1 aliphatic heterocycles. The molecule has 1 N–H and O–H groups in total. The Labute approximate surface area is 164 Å². The van der Waals surface area contributed by atoms with Crippen molar-refractivity contribution in [1.82, 2.24) is 0 Å². The molecule has 0 saturated carbocycles. The quantitative estimate of drug-likeness (QED) is 0.281. The number of hydrogen-bond donors (Lipinski definition) is 1. The van der Waals surface area contributed by atoms with Crippen molar-refractivity contribution in [3.05, 3.63) is 33.5 Å². The van der Waals surface area contributed by atoms with Crippen LogP contribution in [0.3, 0.4) is 0 Å². The van der Waals surface area contributed by atoms with Crippen LogP contribution in [0.2, 0.25) is 0 Å². The Morgan fingerprint density at radius 3 is 2.31 bits per heavy atom. The molecule has 0 radical (unpaired) electrons. The van der Waals surface area contributed by atoms with Gasteiger partial charge in [0.1, 0.15) is 18.2 Å². The number of nitro groups is 1. The lowest BCUT2D eigenvalue weighted by atomic mass is 10.1. The number of methoxy groups -OCH3 is 3. The molecule has 158 valence electrons. The Balaban J connectivity index is 2.84. The van der Waals surface area contributed by atoms with Gasteiger partial charge >= 0.3 is 22.1 Å². The molecule has 1 aromatic carbocycles. The van der Waals surface area contributed by atoms with Crippen LogP contribution in [-0.4, -0.2) is 64.5 Å². The smallest absolute Gasteiger partial charge is 0.355 e. The van der Waals surface area contributed by atoms with Crippen LogP contribution in [0.4, 0.5) is 11.4 Å².